The average molecular weight is 196 g/mol. The molecule has 0 saturated carbocycles. The first kappa shape index (κ1) is 10.6. The molecule has 1 rings (SSSR count). The molecule has 0 bridgehead atoms. The second kappa shape index (κ2) is 3.69. The Morgan fingerprint density at radius 2 is 2.21 bits per heavy atom. The molecule has 0 unspecified atom stereocenters. The van der Waals surface area contributed by atoms with Crippen LogP contribution in [0.2, 0.25) is 0 Å². The Morgan fingerprint density at radius 3 is 2.57 bits per heavy atom. The molecule has 5 heteroatoms. The summed E-state index contributed by atoms with van der Waals surface area (Å²) in [5.74, 6) is 0.00694. The third kappa shape index (κ3) is 1.86. The van der Waals surface area contributed by atoms with Crippen LogP contribution in [0.15, 0.2) is 6.20 Å². The lowest BCUT2D eigenvalue weighted by atomic mass is 10.3. The molecule has 2 N–H and O–H groups in total. The number of rotatable bonds is 2. The predicted octanol–water partition coefficient (Wildman–Crippen LogP) is 0.423. The monoisotopic (exact) mass is 196 g/mol. The molecule has 1 atom stereocenters. The van der Waals surface area contributed by atoms with Crippen LogP contribution < -0.4 is 5.73 Å². The highest BCUT2D eigenvalue weighted by Gasteiger charge is 2.18. The van der Waals surface area contributed by atoms with Crippen molar-refractivity contribution in [3.8, 4) is 0 Å². The van der Waals surface area contributed by atoms with E-state index >= 15 is 0 Å². The summed E-state index contributed by atoms with van der Waals surface area (Å²) in [5, 5.41) is 4.16. The van der Waals surface area contributed by atoms with Crippen LogP contribution in [-0.4, -0.2) is 34.7 Å². The fourth-order valence-electron chi connectivity index (χ4n) is 1.18. The Bertz CT molecular complexity index is 323. The number of aryl methyl sites for hydroxylation is 1. The van der Waals surface area contributed by atoms with Crippen LogP contribution in [0.1, 0.15) is 18.7 Å². The highest BCUT2D eigenvalue weighted by atomic mass is 16.2. The van der Waals surface area contributed by atoms with Crippen LogP contribution in [0.5, 0.6) is 0 Å². The predicted molar refractivity (Wildman–Crippen MR) is 54.8 cm³/mol. The van der Waals surface area contributed by atoms with Gasteiger partial charge in [0.05, 0.1) is 11.4 Å². The molecule has 0 aliphatic heterocycles. The maximum Gasteiger partial charge on any atom is 0.246 e. The first-order chi connectivity index (χ1) is 6.43. The Morgan fingerprint density at radius 1 is 1.64 bits per heavy atom. The molecule has 5 nitrogen and oxygen atoms in total. The third-order valence-corrected chi connectivity index (χ3v) is 2.15. The number of hydrogen-bond donors (Lipinski definition) is 1. The van der Waals surface area contributed by atoms with E-state index in [1.54, 1.807) is 31.9 Å². The molecule has 0 saturated heterocycles. The zero-order valence-corrected chi connectivity index (χ0v) is 8.98. The van der Waals surface area contributed by atoms with E-state index in [9.17, 15) is 4.79 Å². The lowest BCUT2D eigenvalue weighted by Gasteiger charge is -2.16. The van der Waals surface area contributed by atoms with Gasteiger partial charge in [-0.3, -0.25) is 9.48 Å². The van der Waals surface area contributed by atoms with Crippen LogP contribution >= 0.6 is 0 Å². The topological polar surface area (TPSA) is 64.2 Å². The minimum Gasteiger partial charge on any atom is -0.396 e. The van der Waals surface area contributed by atoms with Crippen LogP contribution in [0, 0.1) is 6.92 Å². The van der Waals surface area contributed by atoms with Gasteiger partial charge in [-0.2, -0.15) is 5.10 Å². The van der Waals surface area contributed by atoms with Gasteiger partial charge in [0.15, 0.2) is 0 Å². The molecule has 1 aromatic rings. The number of anilines is 1. The minimum absolute atomic E-state index is 0.00694. The molecule has 0 aliphatic rings. The summed E-state index contributed by atoms with van der Waals surface area (Å²) in [7, 11) is 3.44. The Labute approximate surface area is 83.5 Å². The van der Waals surface area contributed by atoms with E-state index in [-0.39, 0.29) is 11.9 Å². The molecule has 14 heavy (non-hydrogen) atoms. The molecule has 0 aromatic carbocycles. The number of amides is 1. The number of carbonyl (C=O) groups is 1. The van der Waals surface area contributed by atoms with E-state index < -0.39 is 0 Å². The average Bonchev–Trinajstić information content (AvgIpc) is 2.44. The molecular weight excluding hydrogens is 180 g/mol. The van der Waals surface area contributed by atoms with Gasteiger partial charge in [-0.05, 0) is 13.8 Å². The van der Waals surface area contributed by atoms with Crippen molar-refractivity contribution in [2.75, 3.05) is 19.8 Å². The number of nitrogen functional groups attached to an aromatic ring is 1. The first-order valence-electron chi connectivity index (χ1n) is 4.46. The van der Waals surface area contributed by atoms with Crippen molar-refractivity contribution in [3.63, 3.8) is 0 Å². The summed E-state index contributed by atoms with van der Waals surface area (Å²) in [6.45, 7) is 3.62. The number of aromatic nitrogens is 2. The Hall–Kier alpha value is -1.52. The van der Waals surface area contributed by atoms with E-state index in [1.165, 1.54) is 4.90 Å². The Balaban J connectivity index is 2.89. The van der Waals surface area contributed by atoms with Crippen molar-refractivity contribution in [2.45, 2.75) is 19.9 Å². The summed E-state index contributed by atoms with van der Waals surface area (Å²) in [6, 6.07) is -0.305. The van der Waals surface area contributed by atoms with Gasteiger partial charge in [-0.15, -0.1) is 0 Å². The standard InChI is InChI=1S/C9H16N4O/c1-6-8(10)5-13(11-6)7(2)9(14)12(3)4/h5,7H,10H2,1-4H3/t7-/m1/s1. The van der Waals surface area contributed by atoms with Gasteiger partial charge < -0.3 is 10.6 Å². The maximum atomic E-state index is 11.6. The smallest absolute Gasteiger partial charge is 0.246 e. The summed E-state index contributed by atoms with van der Waals surface area (Å²) in [5.41, 5.74) is 7.01. The Kier molecular flexibility index (Phi) is 2.78. The number of nitrogens with two attached hydrogens (primary N) is 1. The van der Waals surface area contributed by atoms with Gasteiger partial charge >= 0.3 is 0 Å². The molecule has 0 radical (unpaired) electrons. The zero-order chi connectivity index (χ0) is 10.9. The van der Waals surface area contributed by atoms with Crippen molar-refractivity contribution in [2.24, 2.45) is 0 Å². The van der Waals surface area contributed by atoms with Crippen LogP contribution in [0.3, 0.4) is 0 Å². The largest absolute Gasteiger partial charge is 0.396 e. The summed E-state index contributed by atoms with van der Waals surface area (Å²) in [6.07, 6.45) is 1.68. The molecule has 78 valence electrons. The van der Waals surface area contributed by atoms with E-state index in [4.69, 9.17) is 5.73 Å². The van der Waals surface area contributed by atoms with E-state index in [0.717, 1.165) is 5.69 Å². The van der Waals surface area contributed by atoms with Gasteiger partial charge in [-0.1, -0.05) is 0 Å². The fraction of sp³-hybridized carbons (Fsp3) is 0.556. The maximum absolute atomic E-state index is 11.6. The van der Waals surface area contributed by atoms with Gasteiger partial charge in [-0.25, -0.2) is 0 Å². The summed E-state index contributed by atoms with van der Waals surface area (Å²) < 4.78 is 1.59. The molecule has 0 spiro atoms. The lowest BCUT2D eigenvalue weighted by Crippen LogP contribution is -2.30. The molecule has 1 aromatic heterocycles. The first-order valence-corrected chi connectivity index (χ1v) is 4.46. The number of hydrogen-bond acceptors (Lipinski definition) is 3. The van der Waals surface area contributed by atoms with Crippen molar-refractivity contribution in [3.05, 3.63) is 11.9 Å². The molecule has 0 fully saturated rings. The van der Waals surface area contributed by atoms with Crippen LogP contribution in [-0.2, 0) is 4.79 Å². The molecule has 1 amide bonds. The van der Waals surface area contributed by atoms with Crippen molar-refractivity contribution >= 4 is 11.6 Å². The molecular formula is C9H16N4O. The van der Waals surface area contributed by atoms with Crippen molar-refractivity contribution in [1.29, 1.82) is 0 Å². The van der Waals surface area contributed by atoms with Gasteiger partial charge in [0, 0.05) is 20.3 Å². The van der Waals surface area contributed by atoms with E-state index in [0.29, 0.717) is 5.69 Å². The van der Waals surface area contributed by atoms with Crippen LogP contribution in [0.4, 0.5) is 5.69 Å². The molecule has 1 heterocycles. The quantitative estimate of drug-likeness (QED) is 0.745. The second-order valence-corrected chi connectivity index (χ2v) is 3.56. The van der Waals surface area contributed by atoms with Gasteiger partial charge in [0.25, 0.3) is 0 Å². The molecule has 0 aliphatic carbocycles. The highest BCUT2D eigenvalue weighted by Crippen LogP contribution is 2.13. The van der Waals surface area contributed by atoms with Crippen LogP contribution in [0.25, 0.3) is 0 Å². The third-order valence-electron chi connectivity index (χ3n) is 2.15. The van der Waals surface area contributed by atoms with Gasteiger partial charge in [0.2, 0.25) is 5.91 Å². The van der Waals surface area contributed by atoms with Gasteiger partial charge in [0.1, 0.15) is 6.04 Å². The zero-order valence-electron chi connectivity index (χ0n) is 8.98. The summed E-state index contributed by atoms with van der Waals surface area (Å²) in [4.78, 5) is 13.1. The fourth-order valence-corrected chi connectivity index (χ4v) is 1.18. The van der Waals surface area contributed by atoms with Crippen molar-refractivity contribution in [1.82, 2.24) is 14.7 Å². The number of likely N-dealkylation sites (N-methyl/N-ethyl adjacent to an activating group) is 1. The number of carbonyl (C=O) groups excluding carboxylic acids is 1. The summed E-state index contributed by atoms with van der Waals surface area (Å²) >= 11 is 0. The van der Waals surface area contributed by atoms with Crippen molar-refractivity contribution < 1.29 is 4.79 Å². The lowest BCUT2D eigenvalue weighted by molar-refractivity contribution is -0.131. The van der Waals surface area contributed by atoms with E-state index in [1.807, 2.05) is 6.92 Å². The second-order valence-electron chi connectivity index (χ2n) is 3.56. The minimum atomic E-state index is -0.305. The SMILES string of the molecule is Cc1nn([C@H](C)C(=O)N(C)C)cc1N. The normalized spacial score (nSPS) is 12.6. The highest BCUT2D eigenvalue weighted by molar-refractivity contribution is 5.79. The number of nitrogens with zero attached hydrogens (tertiary/aromatic N) is 3. The van der Waals surface area contributed by atoms with E-state index in [2.05, 4.69) is 5.10 Å².